The molecule has 2 aliphatic rings. The molecule has 2 heterocycles. The Balaban J connectivity index is 0.00000240. The lowest BCUT2D eigenvalue weighted by Gasteiger charge is -2.50. The first-order valence-electron chi connectivity index (χ1n) is 9.47. The lowest BCUT2D eigenvalue weighted by molar-refractivity contribution is -0.960. The first-order valence-corrected chi connectivity index (χ1v) is 9.47. The van der Waals surface area contributed by atoms with Crippen molar-refractivity contribution in [2.24, 2.45) is 0 Å². The van der Waals surface area contributed by atoms with Gasteiger partial charge in [-0.3, -0.25) is 0 Å². The summed E-state index contributed by atoms with van der Waals surface area (Å²) in [4.78, 5) is 0. The fraction of sp³-hybridized carbons (Fsp3) is 0.455. The van der Waals surface area contributed by atoms with E-state index >= 15 is 0 Å². The topological polar surface area (TPSA) is 57.2 Å². The molecule has 0 saturated carbocycles. The van der Waals surface area contributed by atoms with Crippen LogP contribution >= 0.6 is 0 Å². The third-order valence-corrected chi connectivity index (χ3v) is 6.32. The van der Waals surface area contributed by atoms with E-state index < -0.39 is 6.10 Å². The number of fused-ring (bicyclic) bond motifs is 4. The maximum atomic E-state index is 11.5. The highest BCUT2D eigenvalue weighted by Gasteiger charge is 2.49. The molecule has 7 heteroatoms. The number of nitrogens with zero attached hydrogens (tertiary/aromatic N) is 1. The maximum absolute atomic E-state index is 11.5. The molecule has 4 rings (SSSR count). The molecule has 6 nitrogen and oxygen atoms in total. The Morgan fingerprint density at radius 1 is 0.793 bits per heavy atom. The van der Waals surface area contributed by atoms with E-state index in [4.69, 9.17) is 18.9 Å². The Kier molecular flexibility index (Phi) is 6.21. The van der Waals surface area contributed by atoms with E-state index in [1.54, 1.807) is 28.4 Å². The number of benzene rings is 2. The summed E-state index contributed by atoms with van der Waals surface area (Å²) < 4.78 is 22.7. The Morgan fingerprint density at radius 3 is 1.83 bits per heavy atom. The van der Waals surface area contributed by atoms with Gasteiger partial charge in [-0.1, -0.05) is 0 Å². The molecular formula is C22H28INO5. The molecule has 0 saturated heterocycles. The van der Waals surface area contributed by atoms with E-state index in [0.29, 0.717) is 17.2 Å². The summed E-state index contributed by atoms with van der Waals surface area (Å²) in [5.74, 6) is 2.76. The van der Waals surface area contributed by atoms with Gasteiger partial charge in [0.1, 0.15) is 18.7 Å². The van der Waals surface area contributed by atoms with Crippen molar-refractivity contribution in [2.45, 2.75) is 25.1 Å². The molecule has 2 aromatic rings. The predicted octanol–water partition coefficient (Wildman–Crippen LogP) is 0.0160. The minimum absolute atomic E-state index is 0. The van der Waals surface area contributed by atoms with Crippen molar-refractivity contribution in [3.8, 4) is 23.0 Å². The highest BCUT2D eigenvalue weighted by atomic mass is 127. The van der Waals surface area contributed by atoms with E-state index in [9.17, 15) is 5.11 Å². The molecule has 1 N–H and O–H groups in total. The third kappa shape index (κ3) is 3.43. The Hall–Kier alpha value is -1.71. The van der Waals surface area contributed by atoms with Crippen molar-refractivity contribution in [1.29, 1.82) is 0 Å². The molecule has 3 atom stereocenters. The highest BCUT2D eigenvalue weighted by Crippen LogP contribution is 2.52. The normalized spacial score (nSPS) is 24.3. The first-order chi connectivity index (χ1) is 13.5. The number of halogens is 1. The van der Waals surface area contributed by atoms with Crippen LogP contribution in [0.3, 0.4) is 0 Å². The zero-order chi connectivity index (χ0) is 20.1. The minimum Gasteiger partial charge on any atom is -1.00 e. The molecule has 0 aromatic heterocycles. The van der Waals surface area contributed by atoms with Gasteiger partial charge in [-0.15, -0.1) is 0 Å². The van der Waals surface area contributed by atoms with Gasteiger partial charge in [0.2, 0.25) is 0 Å². The number of hydrogen-bond acceptors (Lipinski definition) is 5. The van der Waals surface area contributed by atoms with Crippen LogP contribution in [-0.2, 0) is 13.0 Å². The minimum atomic E-state index is -0.647. The molecule has 29 heavy (non-hydrogen) atoms. The molecule has 0 amide bonds. The smallest absolute Gasteiger partial charge is 0.161 e. The second-order valence-electron chi connectivity index (χ2n) is 7.81. The Labute approximate surface area is 188 Å². The van der Waals surface area contributed by atoms with Crippen molar-refractivity contribution in [3.05, 3.63) is 46.5 Å². The zero-order valence-electron chi connectivity index (χ0n) is 17.5. The van der Waals surface area contributed by atoms with Gasteiger partial charge in [-0.05, 0) is 35.4 Å². The summed E-state index contributed by atoms with van der Waals surface area (Å²) in [7, 11) is 8.77. The lowest BCUT2D eigenvalue weighted by Crippen LogP contribution is -3.00. The van der Waals surface area contributed by atoms with E-state index in [1.807, 2.05) is 18.2 Å². The molecule has 0 radical (unpaired) electrons. The van der Waals surface area contributed by atoms with Crippen LogP contribution in [0, 0.1) is 0 Å². The average molecular weight is 513 g/mol. The Bertz CT molecular complexity index is 919. The SMILES string of the molecule is COc1cc2c(cc1OC)[C@@H](O)[C@@H]1c3cc(OC)c(OC)cc3CC[N+]1(C)C2.[I-]. The van der Waals surface area contributed by atoms with E-state index in [2.05, 4.69) is 13.1 Å². The van der Waals surface area contributed by atoms with Crippen molar-refractivity contribution in [3.63, 3.8) is 0 Å². The number of rotatable bonds is 4. The monoisotopic (exact) mass is 513 g/mol. The van der Waals surface area contributed by atoms with Crippen LogP contribution < -0.4 is 42.9 Å². The molecular weight excluding hydrogens is 485 g/mol. The predicted molar refractivity (Wildman–Crippen MR) is 105 cm³/mol. The summed E-state index contributed by atoms with van der Waals surface area (Å²) in [6.45, 7) is 1.77. The van der Waals surface area contributed by atoms with Crippen molar-refractivity contribution in [1.82, 2.24) is 0 Å². The molecule has 0 spiro atoms. The number of methoxy groups -OCH3 is 4. The van der Waals surface area contributed by atoms with Crippen molar-refractivity contribution in [2.75, 3.05) is 42.0 Å². The largest absolute Gasteiger partial charge is 1.00 e. The average Bonchev–Trinajstić information content (AvgIpc) is 2.71. The number of aliphatic hydroxyl groups is 1. The molecule has 2 aliphatic heterocycles. The van der Waals surface area contributed by atoms with Crippen LogP contribution in [0.5, 0.6) is 23.0 Å². The lowest BCUT2D eigenvalue weighted by atomic mass is 9.80. The van der Waals surface area contributed by atoms with Crippen LogP contribution in [0.25, 0.3) is 0 Å². The summed E-state index contributed by atoms with van der Waals surface area (Å²) in [6.07, 6.45) is 0.281. The zero-order valence-corrected chi connectivity index (χ0v) is 19.6. The number of likely N-dealkylation sites (N-methyl/N-ethyl adjacent to an activating group) is 1. The highest BCUT2D eigenvalue weighted by molar-refractivity contribution is 5.52. The number of quaternary nitrogens is 1. The maximum Gasteiger partial charge on any atom is 0.161 e. The van der Waals surface area contributed by atoms with Gasteiger partial charge < -0.3 is 52.5 Å². The van der Waals surface area contributed by atoms with E-state index in [1.165, 1.54) is 5.56 Å². The van der Waals surface area contributed by atoms with Gasteiger partial charge in [0, 0.05) is 17.5 Å². The second kappa shape index (κ2) is 8.20. The molecule has 1 unspecified atom stereocenters. The van der Waals surface area contributed by atoms with Gasteiger partial charge in [0.25, 0.3) is 0 Å². The molecule has 158 valence electrons. The van der Waals surface area contributed by atoms with Crippen LogP contribution in [0.15, 0.2) is 24.3 Å². The van der Waals surface area contributed by atoms with Gasteiger partial charge in [0.15, 0.2) is 23.0 Å². The summed E-state index contributed by atoms with van der Waals surface area (Å²) in [5.41, 5.74) is 4.34. The van der Waals surface area contributed by atoms with E-state index in [-0.39, 0.29) is 30.0 Å². The number of aliphatic hydroxyl groups excluding tert-OH is 1. The number of hydrogen-bond donors (Lipinski definition) is 1. The quantitative estimate of drug-likeness (QED) is 0.462. The molecule has 0 aliphatic carbocycles. The third-order valence-electron chi connectivity index (χ3n) is 6.32. The van der Waals surface area contributed by atoms with Gasteiger partial charge >= 0.3 is 0 Å². The first kappa shape index (κ1) is 22.0. The summed E-state index contributed by atoms with van der Waals surface area (Å²) in [6, 6.07) is 7.92. The number of ether oxygens (including phenoxy) is 4. The van der Waals surface area contributed by atoms with Gasteiger partial charge in [-0.2, -0.15) is 0 Å². The van der Waals surface area contributed by atoms with Gasteiger partial charge in [-0.25, -0.2) is 0 Å². The fourth-order valence-corrected chi connectivity index (χ4v) is 4.88. The Morgan fingerprint density at radius 2 is 1.28 bits per heavy atom. The fourth-order valence-electron chi connectivity index (χ4n) is 4.88. The summed E-state index contributed by atoms with van der Waals surface area (Å²) >= 11 is 0. The second-order valence-corrected chi connectivity index (χ2v) is 7.81. The molecule has 0 fully saturated rings. The van der Waals surface area contributed by atoms with Crippen LogP contribution in [0.2, 0.25) is 0 Å². The summed E-state index contributed by atoms with van der Waals surface area (Å²) in [5, 5.41) is 11.5. The van der Waals surface area contributed by atoms with Crippen LogP contribution in [0.1, 0.15) is 34.4 Å². The standard InChI is InChI=1S/C22H28NO5.HI/c1-23-7-6-13-8-17(25-2)19(27-4)10-15(13)21(23)22(24)16-11-20(28-5)18(26-3)9-14(16)12-23;/h8-11,21-22,24H,6-7,12H2,1-5H3;1H/q+1;/p-1/t21-,22+,23?;/m0./s1. The molecule has 0 bridgehead atoms. The van der Waals surface area contributed by atoms with Crippen LogP contribution in [-0.4, -0.2) is 51.6 Å². The van der Waals surface area contributed by atoms with Crippen molar-refractivity contribution < 1.29 is 52.5 Å². The van der Waals surface area contributed by atoms with Crippen LogP contribution in [0.4, 0.5) is 0 Å². The van der Waals surface area contributed by atoms with E-state index in [0.717, 1.165) is 46.4 Å². The molecule has 2 aromatic carbocycles. The van der Waals surface area contributed by atoms with Crippen molar-refractivity contribution >= 4 is 0 Å². The van der Waals surface area contributed by atoms with Gasteiger partial charge in [0.05, 0.1) is 42.0 Å².